The van der Waals surface area contributed by atoms with Crippen LogP contribution in [0.3, 0.4) is 0 Å². The van der Waals surface area contributed by atoms with Gasteiger partial charge in [0.2, 0.25) is 0 Å². The molecule has 3 rings (SSSR count). The summed E-state index contributed by atoms with van der Waals surface area (Å²) in [6.45, 7) is 10.3. The summed E-state index contributed by atoms with van der Waals surface area (Å²) in [5, 5.41) is 9.78. The summed E-state index contributed by atoms with van der Waals surface area (Å²) in [7, 11) is 2.47. The Bertz CT molecular complexity index is 1420. The van der Waals surface area contributed by atoms with Gasteiger partial charge in [0.15, 0.2) is 17.3 Å². The van der Waals surface area contributed by atoms with Gasteiger partial charge in [-0.05, 0) is 77.4 Å². The first-order valence-corrected chi connectivity index (χ1v) is 12.3. The third-order valence-electron chi connectivity index (χ3n) is 5.27. The number of nitrogens with one attached hydrogen (secondary N) is 1. The van der Waals surface area contributed by atoms with Gasteiger partial charge >= 0.3 is 18.0 Å². The molecule has 1 amide bonds. The minimum absolute atomic E-state index is 0.00148. The zero-order valence-corrected chi connectivity index (χ0v) is 23.7. The molecule has 40 heavy (non-hydrogen) atoms. The van der Waals surface area contributed by atoms with Crippen molar-refractivity contribution in [2.45, 2.75) is 58.8 Å². The second kappa shape index (κ2) is 11.8. The maximum atomic E-state index is 14.1. The Morgan fingerprint density at radius 2 is 1.62 bits per heavy atom. The van der Waals surface area contributed by atoms with Crippen molar-refractivity contribution >= 4 is 34.5 Å². The fraction of sp³-hybridized carbons (Fsp3) is 0.393. The SMILES string of the molecule is COC(=O)C(NN(C(=O)OC(C)(C)C)c1ccc2c(C(=O)OC(C)(C)C)nncc2c1)c1ccc(F)c(OC)c1. The molecule has 0 spiro atoms. The number of hydrazine groups is 1. The van der Waals surface area contributed by atoms with Gasteiger partial charge in [-0.25, -0.2) is 29.2 Å². The highest BCUT2D eigenvalue weighted by Gasteiger charge is 2.31. The first kappa shape index (κ1) is 30.2. The molecule has 0 aliphatic carbocycles. The van der Waals surface area contributed by atoms with E-state index in [0.717, 1.165) is 11.1 Å². The number of fused-ring (bicyclic) bond motifs is 1. The van der Waals surface area contributed by atoms with E-state index in [2.05, 4.69) is 15.6 Å². The van der Waals surface area contributed by atoms with Gasteiger partial charge in [-0.3, -0.25) is 0 Å². The summed E-state index contributed by atoms with van der Waals surface area (Å²) in [6, 6.07) is 7.23. The van der Waals surface area contributed by atoms with Gasteiger partial charge in [0.05, 0.1) is 26.1 Å². The molecule has 0 aliphatic heterocycles. The van der Waals surface area contributed by atoms with Gasteiger partial charge in [0, 0.05) is 10.8 Å². The molecular formula is C28H33FN4O7. The lowest BCUT2D eigenvalue weighted by Gasteiger charge is -2.30. The van der Waals surface area contributed by atoms with Crippen LogP contribution >= 0.6 is 0 Å². The average Bonchev–Trinajstić information content (AvgIpc) is 2.86. The predicted molar refractivity (Wildman–Crippen MR) is 144 cm³/mol. The molecule has 1 aromatic heterocycles. The fourth-order valence-electron chi connectivity index (χ4n) is 3.60. The highest BCUT2D eigenvalue weighted by molar-refractivity contribution is 6.03. The van der Waals surface area contributed by atoms with Crippen LogP contribution in [-0.4, -0.2) is 53.7 Å². The van der Waals surface area contributed by atoms with E-state index in [-0.39, 0.29) is 22.7 Å². The maximum absolute atomic E-state index is 14.1. The number of hydrogen-bond donors (Lipinski definition) is 1. The third kappa shape index (κ3) is 7.41. The van der Waals surface area contributed by atoms with Crippen molar-refractivity contribution < 1.29 is 37.7 Å². The molecule has 0 fully saturated rings. The van der Waals surface area contributed by atoms with Crippen molar-refractivity contribution in [1.29, 1.82) is 0 Å². The molecule has 12 heteroatoms. The van der Waals surface area contributed by atoms with Crippen LogP contribution in [-0.2, 0) is 19.0 Å². The number of carbonyl (C=O) groups excluding carboxylic acids is 3. The molecule has 0 saturated heterocycles. The number of nitrogens with zero attached hydrogens (tertiary/aromatic N) is 3. The Balaban J connectivity index is 2.10. The van der Waals surface area contributed by atoms with Crippen LogP contribution in [0.4, 0.5) is 14.9 Å². The highest BCUT2D eigenvalue weighted by atomic mass is 19.1. The molecule has 1 unspecified atom stereocenters. The smallest absolute Gasteiger partial charge is 0.429 e. The van der Waals surface area contributed by atoms with Gasteiger partial charge in [0.1, 0.15) is 17.2 Å². The number of methoxy groups -OCH3 is 2. The highest BCUT2D eigenvalue weighted by Crippen LogP contribution is 2.28. The second-order valence-electron chi connectivity index (χ2n) is 10.8. The fourth-order valence-corrected chi connectivity index (χ4v) is 3.60. The van der Waals surface area contributed by atoms with Crippen LogP contribution in [0.1, 0.15) is 63.6 Å². The molecule has 0 radical (unpaired) electrons. The monoisotopic (exact) mass is 556 g/mol. The Hall–Kier alpha value is -4.32. The van der Waals surface area contributed by atoms with Crippen LogP contribution in [0.2, 0.25) is 0 Å². The lowest BCUT2D eigenvalue weighted by Crippen LogP contribution is -2.49. The number of aromatic nitrogens is 2. The topological polar surface area (TPSA) is 129 Å². The molecule has 1 heterocycles. The second-order valence-corrected chi connectivity index (χ2v) is 10.8. The summed E-state index contributed by atoms with van der Waals surface area (Å²) in [5.74, 6) is -2.15. The molecule has 1 N–H and O–H groups in total. The standard InChI is InChI=1S/C28H33FN4O7/c1-27(2,3)39-25(35)23-19-11-10-18(13-17(19)15-30-31-23)33(26(36)40-28(4,5)6)32-22(24(34)38-8)16-9-12-20(29)21(14-16)37-7/h9-15,22,32H,1-8H3. The zero-order valence-electron chi connectivity index (χ0n) is 23.7. The molecule has 3 aromatic rings. The minimum Gasteiger partial charge on any atom is -0.494 e. The third-order valence-corrected chi connectivity index (χ3v) is 5.27. The quantitative estimate of drug-likeness (QED) is 0.244. The minimum atomic E-state index is -1.27. The summed E-state index contributed by atoms with van der Waals surface area (Å²) in [5.41, 5.74) is 1.72. The van der Waals surface area contributed by atoms with Crippen LogP contribution in [0, 0.1) is 5.82 Å². The number of halogens is 1. The van der Waals surface area contributed by atoms with E-state index >= 15 is 0 Å². The molecule has 1 atom stereocenters. The van der Waals surface area contributed by atoms with E-state index in [9.17, 15) is 18.8 Å². The first-order valence-electron chi connectivity index (χ1n) is 12.3. The van der Waals surface area contributed by atoms with Gasteiger partial charge < -0.3 is 18.9 Å². The Kier molecular flexibility index (Phi) is 8.93. The normalized spacial score (nSPS) is 12.4. The molecule has 2 aromatic carbocycles. The summed E-state index contributed by atoms with van der Waals surface area (Å²) in [4.78, 5) is 39.0. The zero-order chi connectivity index (χ0) is 29.8. The van der Waals surface area contributed by atoms with Gasteiger partial charge in [0.25, 0.3) is 0 Å². The number of ether oxygens (including phenoxy) is 4. The van der Waals surface area contributed by atoms with Crippen LogP contribution in [0.5, 0.6) is 5.75 Å². The lowest BCUT2D eigenvalue weighted by atomic mass is 10.1. The Labute approximate surface area is 231 Å². The number of esters is 2. The Morgan fingerprint density at radius 1 is 0.950 bits per heavy atom. The largest absolute Gasteiger partial charge is 0.494 e. The summed E-state index contributed by atoms with van der Waals surface area (Å²) in [6.07, 6.45) is 0.576. The summed E-state index contributed by atoms with van der Waals surface area (Å²) >= 11 is 0. The van der Waals surface area contributed by atoms with Crippen molar-refractivity contribution in [3.63, 3.8) is 0 Å². The van der Waals surface area contributed by atoms with Crippen LogP contribution in [0.15, 0.2) is 42.6 Å². The number of hydrogen-bond acceptors (Lipinski definition) is 10. The molecule has 0 saturated carbocycles. The average molecular weight is 557 g/mol. The first-order chi connectivity index (χ1) is 18.6. The maximum Gasteiger partial charge on any atom is 0.429 e. The van der Waals surface area contributed by atoms with E-state index in [4.69, 9.17) is 18.9 Å². The van der Waals surface area contributed by atoms with E-state index in [1.54, 1.807) is 53.7 Å². The van der Waals surface area contributed by atoms with Crippen LogP contribution in [0.25, 0.3) is 10.8 Å². The van der Waals surface area contributed by atoms with Crippen LogP contribution < -0.4 is 15.2 Å². The Morgan fingerprint density at radius 3 is 2.23 bits per heavy atom. The van der Waals surface area contributed by atoms with E-state index in [1.807, 2.05) is 0 Å². The molecular weight excluding hydrogens is 523 g/mol. The van der Waals surface area contributed by atoms with Gasteiger partial charge in [-0.1, -0.05) is 6.07 Å². The number of anilines is 1. The summed E-state index contributed by atoms with van der Waals surface area (Å²) < 4.78 is 35.1. The van der Waals surface area contributed by atoms with Crippen molar-refractivity contribution in [3.05, 3.63) is 59.7 Å². The number of amides is 1. The molecule has 0 aliphatic rings. The lowest BCUT2D eigenvalue weighted by molar-refractivity contribution is -0.143. The molecule has 214 valence electrons. The number of carbonyl (C=O) groups is 3. The van der Waals surface area contributed by atoms with E-state index < -0.39 is 41.1 Å². The van der Waals surface area contributed by atoms with Crippen molar-refractivity contribution in [2.24, 2.45) is 0 Å². The van der Waals surface area contributed by atoms with Crippen molar-refractivity contribution in [3.8, 4) is 5.75 Å². The number of rotatable bonds is 7. The van der Waals surface area contributed by atoms with E-state index in [0.29, 0.717) is 10.8 Å². The molecule has 0 bridgehead atoms. The molecule has 11 nitrogen and oxygen atoms in total. The predicted octanol–water partition coefficient (Wildman–Crippen LogP) is 4.89. The van der Waals surface area contributed by atoms with Gasteiger partial charge in [-0.2, -0.15) is 5.10 Å². The van der Waals surface area contributed by atoms with Crippen molar-refractivity contribution in [1.82, 2.24) is 15.6 Å². The van der Waals surface area contributed by atoms with Crippen molar-refractivity contribution in [2.75, 3.05) is 19.2 Å². The number of benzene rings is 2. The van der Waals surface area contributed by atoms with Gasteiger partial charge in [-0.15, -0.1) is 5.10 Å². The van der Waals surface area contributed by atoms with E-state index in [1.165, 1.54) is 38.6 Å².